The molecule has 0 unspecified atom stereocenters. The SMILES string of the molecule is Cc1ccc(O[C@H]2COCC[C@H]2NC(=O)c2ccc3scnc3c2)cn1. The molecule has 0 saturated carbocycles. The Morgan fingerprint density at radius 1 is 1.31 bits per heavy atom. The van der Waals surface area contributed by atoms with E-state index in [4.69, 9.17) is 9.47 Å². The lowest BCUT2D eigenvalue weighted by atomic mass is 10.0. The summed E-state index contributed by atoms with van der Waals surface area (Å²) in [5.41, 5.74) is 4.16. The smallest absolute Gasteiger partial charge is 0.251 e. The Kier molecular flexibility index (Phi) is 4.81. The number of amides is 1. The third-order valence-corrected chi connectivity index (χ3v) is 5.19. The number of carbonyl (C=O) groups is 1. The Balaban J connectivity index is 1.47. The summed E-state index contributed by atoms with van der Waals surface area (Å²) in [7, 11) is 0. The van der Waals surface area contributed by atoms with E-state index in [1.807, 2.05) is 37.3 Å². The van der Waals surface area contributed by atoms with Crippen molar-refractivity contribution in [3.05, 3.63) is 53.3 Å². The topological polar surface area (TPSA) is 73.3 Å². The largest absolute Gasteiger partial charge is 0.484 e. The molecule has 6 nitrogen and oxygen atoms in total. The van der Waals surface area contributed by atoms with Gasteiger partial charge in [-0.3, -0.25) is 9.78 Å². The van der Waals surface area contributed by atoms with E-state index in [0.717, 1.165) is 15.9 Å². The maximum atomic E-state index is 12.7. The van der Waals surface area contributed by atoms with Crippen molar-refractivity contribution >= 4 is 27.5 Å². The molecule has 1 amide bonds. The predicted molar refractivity (Wildman–Crippen MR) is 99.7 cm³/mol. The highest BCUT2D eigenvalue weighted by molar-refractivity contribution is 7.16. The van der Waals surface area contributed by atoms with Crippen LogP contribution in [0.3, 0.4) is 0 Å². The Morgan fingerprint density at radius 3 is 3.08 bits per heavy atom. The highest BCUT2D eigenvalue weighted by atomic mass is 32.1. The number of ether oxygens (including phenoxy) is 2. The number of nitrogens with one attached hydrogen (secondary N) is 1. The van der Waals surface area contributed by atoms with Crippen LogP contribution in [0.15, 0.2) is 42.0 Å². The first-order valence-electron chi connectivity index (χ1n) is 8.50. The summed E-state index contributed by atoms with van der Waals surface area (Å²) >= 11 is 1.56. The van der Waals surface area contributed by atoms with Crippen molar-refractivity contribution in [1.29, 1.82) is 0 Å². The number of fused-ring (bicyclic) bond motifs is 1. The lowest BCUT2D eigenvalue weighted by molar-refractivity contribution is -0.0136. The predicted octanol–water partition coefficient (Wildman–Crippen LogP) is 2.97. The summed E-state index contributed by atoms with van der Waals surface area (Å²) in [6.45, 7) is 2.96. The van der Waals surface area contributed by atoms with Crippen LogP contribution in [0.4, 0.5) is 0 Å². The number of rotatable bonds is 4. The van der Waals surface area contributed by atoms with Gasteiger partial charge >= 0.3 is 0 Å². The van der Waals surface area contributed by atoms with Gasteiger partial charge in [-0.2, -0.15) is 0 Å². The molecule has 2 aromatic heterocycles. The molecule has 0 spiro atoms. The van der Waals surface area contributed by atoms with E-state index in [1.54, 1.807) is 23.0 Å². The number of aromatic nitrogens is 2. The third kappa shape index (κ3) is 3.68. The first kappa shape index (κ1) is 16.9. The Labute approximate surface area is 155 Å². The summed E-state index contributed by atoms with van der Waals surface area (Å²) in [5, 5.41) is 3.09. The minimum atomic E-state index is -0.250. The van der Waals surface area contributed by atoms with Crippen LogP contribution in [0, 0.1) is 6.92 Å². The first-order valence-corrected chi connectivity index (χ1v) is 9.38. The van der Waals surface area contributed by atoms with E-state index < -0.39 is 0 Å². The average Bonchev–Trinajstić information content (AvgIpc) is 3.13. The molecule has 7 heteroatoms. The molecule has 1 saturated heterocycles. The van der Waals surface area contributed by atoms with Gasteiger partial charge in [-0.15, -0.1) is 11.3 Å². The normalized spacial score (nSPS) is 20.0. The van der Waals surface area contributed by atoms with Crippen LogP contribution >= 0.6 is 11.3 Å². The Bertz CT molecular complexity index is 910. The summed E-state index contributed by atoms with van der Waals surface area (Å²) in [4.78, 5) is 21.2. The number of hydrogen-bond acceptors (Lipinski definition) is 6. The molecule has 2 atom stereocenters. The maximum absolute atomic E-state index is 12.7. The van der Waals surface area contributed by atoms with Gasteiger partial charge in [0, 0.05) is 17.9 Å². The monoisotopic (exact) mass is 369 g/mol. The van der Waals surface area contributed by atoms with Gasteiger partial charge < -0.3 is 14.8 Å². The second-order valence-electron chi connectivity index (χ2n) is 6.27. The van der Waals surface area contributed by atoms with Crippen molar-refractivity contribution in [2.45, 2.75) is 25.5 Å². The standard InChI is InChI=1S/C19H19N3O3S/c1-12-2-4-14(9-20-12)25-17-10-24-7-6-15(17)22-19(23)13-3-5-18-16(8-13)21-11-26-18/h2-5,8-9,11,15,17H,6-7,10H2,1H3,(H,22,23)/t15-,17+/m1/s1. The highest BCUT2D eigenvalue weighted by Gasteiger charge is 2.29. The van der Waals surface area contributed by atoms with E-state index >= 15 is 0 Å². The number of aryl methyl sites for hydroxylation is 1. The fraction of sp³-hybridized carbons (Fsp3) is 0.316. The molecule has 26 heavy (non-hydrogen) atoms. The van der Waals surface area contributed by atoms with Gasteiger partial charge in [0.1, 0.15) is 11.9 Å². The molecule has 1 fully saturated rings. The van der Waals surface area contributed by atoms with Crippen LogP contribution in [0.1, 0.15) is 22.5 Å². The maximum Gasteiger partial charge on any atom is 0.251 e. The minimum Gasteiger partial charge on any atom is -0.484 e. The van der Waals surface area contributed by atoms with Crippen molar-refractivity contribution in [3.8, 4) is 5.75 Å². The number of carbonyl (C=O) groups excluding carboxylic acids is 1. The highest BCUT2D eigenvalue weighted by Crippen LogP contribution is 2.20. The van der Waals surface area contributed by atoms with Crippen LogP contribution in [0.25, 0.3) is 10.2 Å². The van der Waals surface area contributed by atoms with E-state index in [2.05, 4.69) is 15.3 Å². The van der Waals surface area contributed by atoms with Gasteiger partial charge in [0.15, 0.2) is 0 Å². The lowest BCUT2D eigenvalue weighted by Crippen LogP contribution is -2.51. The molecular formula is C19H19N3O3S. The molecule has 3 heterocycles. The van der Waals surface area contributed by atoms with Gasteiger partial charge in [0.2, 0.25) is 0 Å². The number of benzene rings is 1. The van der Waals surface area contributed by atoms with Crippen molar-refractivity contribution in [2.24, 2.45) is 0 Å². The van der Waals surface area contributed by atoms with Crippen molar-refractivity contribution in [2.75, 3.05) is 13.2 Å². The van der Waals surface area contributed by atoms with Gasteiger partial charge in [-0.1, -0.05) is 0 Å². The van der Waals surface area contributed by atoms with Crippen LogP contribution in [-0.2, 0) is 4.74 Å². The molecule has 1 aliphatic rings. The van der Waals surface area contributed by atoms with Gasteiger partial charge in [-0.25, -0.2) is 4.98 Å². The van der Waals surface area contributed by atoms with Crippen molar-refractivity contribution in [3.63, 3.8) is 0 Å². The van der Waals surface area contributed by atoms with Gasteiger partial charge in [-0.05, 0) is 43.7 Å². The first-order chi connectivity index (χ1) is 12.7. The average molecular weight is 369 g/mol. The zero-order chi connectivity index (χ0) is 17.9. The molecule has 0 radical (unpaired) electrons. The van der Waals surface area contributed by atoms with Crippen LogP contribution in [-0.4, -0.2) is 41.2 Å². The molecule has 1 aromatic carbocycles. The summed E-state index contributed by atoms with van der Waals surface area (Å²) in [5.74, 6) is 0.552. The fourth-order valence-corrected chi connectivity index (χ4v) is 3.60. The molecule has 0 bridgehead atoms. The van der Waals surface area contributed by atoms with Crippen molar-refractivity contribution in [1.82, 2.24) is 15.3 Å². The van der Waals surface area contributed by atoms with Crippen LogP contribution in [0.5, 0.6) is 5.75 Å². The summed E-state index contributed by atoms with van der Waals surface area (Å²) < 4.78 is 12.6. The van der Waals surface area contributed by atoms with E-state index in [1.165, 1.54) is 0 Å². The summed E-state index contributed by atoms with van der Waals surface area (Å²) in [6, 6.07) is 9.23. The van der Waals surface area contributed by atoms with E-state index in [0.29, 0.717) is 30.9 Å². The van der Waals surface area contributed by atoms with Crippen molar-refractivity contribution < 1.29 is 14.3 Å². The number of hydrogen-bond donors (Lipinski definition) is 1. The van der Waals surface area contributed by atoms with Gasteiger partial charge in [0.25, 0.3) is 5.91 Å². The Hall–Kier alpha value is -2.51. The van der Waals surface area contributed by atoms with Gasteiger partial charge in [0.05, 0.1) is 34.6 Å². The molecule has 134 valence electrons. The lowest BCUT2D eigenvalue weighted by Gasteiger charge is -2.32. The molecular weight excluding hydrogens is 350 g/mol. The molecule has 1 N–H and O–H groups in total. The second kappa shape index (κ2) is 7.39. The van der Waals surface area contributed by atoms with Crippen LogP contribution < -0.4 is 10.1 Å². The second-order valence-corrected chi connectivity index (χ2v) is 7.16. The zero-order valence-corrected chi connectivity index (χ0v) is 15.2. The third-order valence-electron chi connectivity index (χ3n) is 4.38. The quantitative estimate of drug-likeness (QED) is 0.765. The minimum absolute atomic E-state index is 0.122. The zero-order valence-electron chi connectivity index (χ0n) is 14.3. The number of thiazole rings is 1. The Morgan fingerprint density at radius 2 is 2.23 bits per heavy atom. The molecule has 3 aromatic rings. The molecule has 0 aliphatic carbocycles. The van der Waals surface area contributed by atoms with Crippen LogP contribution in [0.2, 0.25) is 0 Å². The van der Waals surface area contributed by atoms with E-state index in [-0.39, 0.29) is 18.1 Å². The summed E-state index contributed by atoms with van der Waals surface area (Å²) in [6.07, 6.45) is 2.15. The fourth-order valence-electron chi connectivity index (χ4n) is 2.94. The number of nitrogens with zero attached hydrogens (tertiary/aromatic N) is 2. The molecule has 4 rings (SSSR count). The van der Waals surface area contributed by atoms with E-state index in [9.17, 15) is 4.79 Å². The number of pyridine rings is 1. The molecule has 1 aliphatic heterocycles.